The number of nitrogens with one attached hydrogen (secondary N) is 1. The highest BCUT2D eigenvalue weighted by atomic mass is 16.3. The molecule has 2 heterocycles. The van der Waals surface area contributed by atoms with Crippen LogP contribution in [0.1, 0.15) is 24.6 Å². The van der Waals surface area contributed by atoms with E-state index in [9.17, 15) is 9.90 Å². The molecule has 2 atom stereocenters. The fourth-order valence-electron chi connectivity index (χ4n) is 3.04. The molecule has 25 heavy (non-hydrogen) atoms. The second-order valence-electron chi connectivity index (χ2n) is 6.22. The smallest absolute Gasteiger partial charge is 0.261 e. The van der Waals surface area contributed by atoms with E-state index < -0.39 is 11.5 Å². The summed E-state index contributed by atoms with van der Waals surface area (Å²) in [6, 6.07) is 7.20. The molecule has 132 valence electrons. The quantitative estimate of drug-likeness (QED) is 0.657. The Balaban J connectivity index is 1.62. The molecule has 1 aromatic heterocycles. The summed E-state index contributed by atoms with van der Waals surface area (Å²) in [7, 11) is 0. The van der Waals surface area contributed by atoms with Crippen molar-refractivity contribution in [3.05, 3.63) is 53.9 Å². The van der Waals surface area contributed by atoms with Crippen molar-refractivity contribution in [3.8, 4) is 0 Å². The molecule has 0 aliphatic carbocycles. The zero-order chi connectivity index (χ0) is 17.9. The van der Waals surface area contributed by atoms with Crippen LogP contribution in [0.3, 0.4) is 0 Å². The molecule has 0 saturated carbocycles. The summed E-state index contributed by atoms with van der Waals surface area (Å²) < 4.78 is 1.71. The van der Waals surface area contributed by atoms with E-state index in [0.29, 0.717) is 30.6 Å². The summed E-state index contributed by atoms with van der Waals surface area (Å²) in [6.45, 7) is 2.52. The van der Waals surface area contributed by atoms with Crippen LogP contribution < -0.4 is 5.32 Å². The third-order valence-corrected chi connectivity index (χ3v) is 4.49. The van der Waals surface area contributed by atoms with Gasteiger partial charge in [-0.2, -0.15) is 0 Å². The molecule has 3 rings (SSSR count). The van der Waals surface area contributed by atoms with Gasteiger partial charge in [0.25, 0.3) is 5.91 Å². The van der Waals surface area contributed by atoms with Crippen LogP contribution >= 0.6 is 0 Å². The van der Waals surface area contributed by atoms with Gasteiger partial charge in [-0.05, 0) is 12.5 Å². The summed E-state index contributed by atoms with van der Waals surface area (Å²) in [4.78, 5) is 12.3. The number of hydrogen-bond donors (Lipinski definition) is 3. The maximum atomic E-state index is 12.3. The first-order valence-corrected chi connectivity index (χ1v) is 8.35. The van der Waals surface area contributed by atoms with Gasteiger partial charge < -0.3 is 15.5 Å². The van der Waals surface area contributed by atoms with Gasteiger partial charge in [-0.15, -0.1) is 5.10 Å². The number of para-hydroxylation sites is 1. The average Bonchev–Trinajstić information content (AvgIpc) is 3.16. The Labute approximate surface area is 146 Å². The Morgan fingerprint density at radius 3 is 3.00 bits per heavy atom. The molecule has 0 saturated heterocycles. The molecule has 1 aromatic carbocycles. The maximum Gasteiger partial charge on any atom is 0.261 e. The first-order chi connectivity index (χ1) is 12.1. The number of amides is 1. The number of allylic oxidation sites excluding steroid dienone is 1. The summed E-state index contributed by atoms with van der Waals surface area (Å²) in [5.41, 5.74) is 0.485. The third kappa shape index (κ3) is 3.33. The Kier molecular flexibility index (Phi) is 4.96. The number of nitrogens with zero attached hydrogens (tertiary/aromatic N) is 3. The monoisotopic (exact) mass is 342 g/mol. The average molecular weight is 342 g/mol. The number of aliphatic hydroxyl groups excluding tert-OH is 1. The Bertz CT molecular complexity index is 786. The second kappa shape index (κ2) is 7.16. The van der Waals surface area contributed by atoms with E-state index in [2.05, 4.69) is 15.6 Å². The van der Waals surface area contributed by atoms with Crippen molar-refractivity contribution in [1.29, 1.82) is 0 Å². The highest BCUT2D eigenvalue weighted by molar-refractivity contribution is 6.05. The van der Waals surface area contributed by atoms with Crippen molar-refractivity contribution < 1.29 is 15.0 Å². The molecule has 0 fully saturated rings. The molecule has 7 nitrogen and oxygen atoms in total. The lowest BCUT2D eigenvalue weighted by Crippen LogP contribution is -2.39. The Morgan fingerprint density at radius 1 is 1.40 bits per heavy atom. The van der Waals surface area contributed by atoms with Crippen LogP contribution in [0.2, 0.25) is 0 Å². The van der Waals surface area contributed by atoms with Crippen molar-refractivity contribution in [2.24, 2.45) is 5.92 Å². The largest absolute Gasteiger partial charge is 0.396 e. The number of fused-ring (bicyclic) bond motifs is 1. The van der Waals surface area contributed by atoms with Crippen LogP contribution in [-0.4, -0.2) is 37.7 Å². The minimum absolute atomic E-state index is 0.0538. The maximum absolute atomic E-state index is 12.3. The van der Waals surface area contributed by atoms with Crippen molar-refractivity contribution in [3.63, 3.8) is 0 Å². The highest BCUT2D eigenvalue weighted by Crippen LogP contribution is 2.41. The normalized spacial score (nSPS) is 20.7. The number of benzene rings is 1. The van der Waals surface area contributed by atoms with E-state index in [1.54, 1.807) is 16.8 Å². The van der Waals surface area contributed by atoms with Crippen LogP contribution in [-0.2, 0) is 23.4 Å². The zero-order valence-electron chi connectivity index (χ0n) is 14.1. The van der Waals surface area contributed by atoms with Gasteiger partial charge in [-0.1, -0.05) is 42.5 Å². The first-order valence-electron chi connectivity index (χ1n) is 8.35. The van der Waals surface area contributed by atoms with Crippen molar-refractivity contribution in [2.75, 3.05) is 11.9 Å². The van der Waals surface area contributed by atoms with Gasteiger partial charge in [0, 0.05) is 42.9 Å². The minimum atomic E-state index is -1.55. The molecule has 0 unspecified atom stereocenters. The van der Waals surface area contributed by atoms with E-state index in [1.807, 2.05) is 37.4 Å². The molecular formula is C18H22N4O3. The first kappa shape index (κ1) is 17.3. The highest BCUT2D eigenvalue weighted by Gasteiger charge is 2.48. The van der Waals surface area contributed by atoms with Gasteiger partial charge in [0.2, 0.25) is 0 Å². The predicted octanol–water partition coefficient (Wildman–Crippen LogP) is 1.24. The van der Waals surface area contributed by atoms with Crippen LogP contribution in [0.25, 0.3) is 0 Å². The van der Waals surface area contributed by atoms with E-state index in [-0.39, 0.29) is 12.5 Å². The number of anilines is 1. The number of hydrogen-bond acceptors (Lipinski definition) is 5. The molecule has 0 radical (unpaired) electrons. The van der Waals surface area contributed by atoms with Gasteiger partial charge in [0.05, 0.1) is 5.69 Å². The molecule has 0 bridgehead atoms. The number of aliphatic hydroxyl groups is 2. The third-order valence-electron chi connectivity index (χ3n) is 4.49. The molecule has 2 aromatic rings. The van der Waals surface area contributed by atoms with Gasteiger partial charge in [0.1, 0.15) is 0 Å². The summed E-state index contributed by atoms with van der Waals surface area (Å²) in [6.07, 6.45) is 6.79. The number of aromatic nitrogens is 3. The molecule has 1 aliphatic rings. The van der Waals surface area contributed by atoms with Crippen molar-refractivity contribution >= 4 is 11.6 Å². The van der Waals surface area contributed by atoms with Crippen LogP contribution in [0.4, 0.5) is 5.69 Å². The predicted molar refractivity (Wildman–Crippen MR) is 92.7 cm³/mol. The Hall–Kier alpha value is -2.51. The van der Waals surface area contributed by atoms with E-state index in [1.165, 1.54) is 0 Å². The lowest BCUT2D eigenvalue weighted by molar-refractivity contribution is -0.137. The minimum Gasteiger partial charge on any atom is -0.396 e. The van der Waals surface area contributed by atoms with Crippen LogP contribution in [0, 0.1) is 5.92 Å². The van der Waals surface area contributed by atoms with Crippen molar-refractivity contribution in [1.82, 2.24) is 15.0 Å². The van der Waals surface area contributed by atoms with E-state index in [0.717, 1.165) is 5.69 Å². The van der Waals surface area contributed by atoms with E-state index >= 15 is 0 Å². The lowest BCUT2D eigenvalue weighted by Gasteiger charge is -2.25. The van der Waals surface area contributed by atoms with Gasteiger partial charge in [-0.3, -0.25) is 9.48 Å². The molecule has 1 amide bonds. The van der Waals surface area contributed by atoms with Crippen LogP contribution in [0.15, 0.2) is 42.6 Å². The molecule has 1 aliphatic heterocycles. The van der Waals surface area contributed by atoms with Gasteiger partial charge >= 0.3 is 0 Å². The number of rotatable bonds is 7. The standard InChI is InChI=1S/C18H22N4O3/c1-13(6-4-5-10-22-12-14(9-11-23)20-21-22)18(25)15-7-2-3-8-16(15)19-17(18)24/h2-4,6-8,12-13,23,25H,5,9-11H2,1H3,(H,19,24)/b6-4+/t13-,18+/m1/s1. The lowest BCUT2D eigenvalue weighted by atomic mass is 9.83. The number of carbonyl (C=O) groups is 1. The zero-order valence-corrected chi connectivity index (χ0v) is 14.1. The van der Waals surface area contributed by atoms with Crippen molar-refractivity contribution in [2.45, 2.75) is 31.9 Å². The molecule has 0 spiro atoms. The topological polar surface area (TPSA) is 100 Å². The van der Waals surface area contributed by atoms with E-state index in [4.69, 9.17) is 5.11 Å². The number of aryl methyl sites for hydroxylation is 1. The summed E-state index contributed by atoms with van der Waals surface area (Å²) >= 11 is 0. The molecular weight excluding hydrogens is 320 g/mol. The molecule has 7 heteroatoms. The van der Waals surface area contributed by atoms with Gasteiger partial charge in [0.15, 0.2) is 5.60 Å². The Morgan fingerprint density at radius 2 is 2.20 bits per heavy atom. The number of carbonyl (C=O) groups excluding carboxylic acids is 1. The molecule has 3 N–H and O–H groups in total. The summed E-state index contributed by atoms with van der Waals surface area (Å²) in [5.74, 6) is -0.757. The van der Waals surface area contributed by atoms with Crippen LogP contribution in [0.5, 0.6) is 0 Å². The fraction of sp³-hybridized carbons (Fsp3) is 0.389. The second-order valence-corrected chi connectivity index (χ2v) is 6.22. The summed E-state index contributed by atoms with van der Waals surface area (Å²) in [5, 5.41) is 30.5. The SMILES string of the molecule is C[C@H](/C=C/CCn1cc(CCO)nn1)[C@@]1(O)C(=O)Nc2ccccc21. The van der Waals surface area contributed by atoms with Gasteiger partial charge in [-0.25, -0.2) is 0 Å². The fourth-order valence-corrected chi connectivity index (χ4v) is 3.04.